The molecule has 2 saturated heterocycles. The lowest BCUT2D eigenvalue weighted by molar-refractivity contribution is 0.240. The Hall–Kier alpha value is -0.860. The molecule has 2 aliphatic rings. The first kappa shape index (κ1) is 8.45. The van der Waals surface area contributed by atoms with E-state index in [1.807, 2.05) is 0 Å². The predicted molar refractivity (Wildman–Crippen MR) is 56.9 cm³/mol. The highest BCUT2D eigenvalue weighted by Gasteiger charge is 2.36. The molecule has 2 heteroatoms. The summed E-state index contributed by atoms with van der Waals surface area (Å²) in [4.78, 5) is 2.61. The monoisotopic (exact) mass is 188 g/mol. The van der Waals surface area contributed by atoms with Gasteiger partial charge in [-0.2, -0.15) is 0 Å². The van der Waals surface area contributed by atoms with Crippen molar-refractivity contribution < 1.29 is 0 Å². The van der Waals surface area contributed by atoms with Gasteiger partial charge >= 0.3 is 0 Å². The third-order valence-electron chi connectivity index (χ3n) is 3.42. The molecule has 0 aromatic heterocycles. The summed E-state index contributed by atoms with van der Waals surface area (Å²) in [6, 6.07) is 11.6. The zero-order chi connectivity index (χ0) is 9.38. The van der Waals surface area contributed by atoms with E-state index in [-0.39, 0.29) is 0 Å². The van der Waals surface area contributed by atoms with Gasteiger partial charge < -0.3 is 0 Å². The molecular formula is C12H16N2. The number of nitrogens with zero attached hydrogens (tertiary/aromatic N) is 1. The highest BCUT2D eigenvalue weighted by molar-refractivity contribution is 5.20. The molecule has 0 unspecified atom stereocenters. The molecule has 0 saturated carbocycles. The molecule has 2 fully saturated rings. The number of fused-ring (bicyclic) bond motifs is 1. The molecule has 2 nitrogen and oxygen atoms in total. The summed E-state index contributed by atoms with van der Waals surface area (Å²) in [5.74, 6) is 0. The molecular weight excluding hydrogens is 172 g/mol. The molecule has 0 radical (unpaired) electrons. The molecule has 0 bridgehead atoms. The average molecular weight is 188 g/mol. The summed E-state index contributed by atoms with van der Waals surface area (Å²) >= 11 is 0. The van der Waals surface area contributed by atoms with Crippen LogP contribution in [0.3, 0.4) is 0 Å². The molecule has 1 aromatic carbocycles. The van der Waals surface area contributed by atoms with Gasteiger partial charge in [-0.1, -0.05) is 30.3 Å². The Balaban J connectivity index is 1.86. The van der Waals surface area contributed by atoms with Gasteiger partial charge in [0.1, 0.15) is 0 Å². The Kier molecular flexibility index (Phi) is 2.03. The second-order valence-corrected chi connectivity index (χ2v) is 4.26. The van der Waals surface area contributed by atoms with E-state index >= 15 is 0 Å². The third kappa shape index (κ3) is 1.26. The first-order valence-corrected chi connectivity index (χ1v) is 5.49. The first-order valence-electron chi connectivity index (χ1n) is 5.49. The zero-order valence-corrected chi connectivity index (χ0v) is 8.32. The van der Waals surface area contributed by atoms with E-state index in [0.29, 0.717) is 6.17 Å². The van der Waals surface area contributed by atoms with Gasteiger partial charge in [0, 0.05) is 19.1 Å². The largest absolute Gasteiger partial charge is 0.296 e. The summed E-state index contributed by atoms with van der Waals surface area (Å²) in [5, 5.41) is 3.60. The normalized spacial score (nSPS) is 32.0. The van der Waals surface area contributed by atoms with Crippen molar-refractivity contribution in [1.29, 1.82) is 0 Å². The molecule has 0 aliphatic carbocycles. The van der Waals surface area contributed by atoms with Gasteiger partial charge in [-0.15, -0.1) is 0 Å². The number of benzene rings is 1. The van der Waals surface area contributed by atoms with Crippen LogP contribution in [0.15, 0.2) is 30.3 Å². The SMILES string of the molecule is c1ccc([C@H]2NC[C@@H]3CCCN32)cc1. The standard InChI is InChI=1S/C12H16N2/c1-2-5-10(6-3-1)12-13-9-11-7-4-8-14(11)12/h1-3,5-6,11-13H,4,7-9H2/t11-,12-/m0/s1. The fourth-order valence-corrected chi connectivity index (χ4v) is 2.73. The van der Waals surface area contributed by atoms with Crippen LogP contribution in [0.4, 0.5) is 0 Å². The van der Waals surface area contributed by atoms with Crippen molar-refractivity contribution in [3.8, 4) is 0 Å². The Labute approximate surface area is 84.9 Å². The lowest BCUT2D eigenvalue weighted by atomic mass is 10.1. The molecule has 2 heterocycles. The van der Waals surface area contributed by atoms with Crippen LogP contribution in [0.2, 0.25) is 0 Å². The molecule has 1 N–H and O–H groups in total. The van der Waals surface area contributed by atoms with E-state index in [2.05, 4.69) is 40.5 Å². The highest BCUT2D eigenvalue weighted by Crippen LogP contribution is 2.31. The van der Waals surface area contributed by atoms with Gasteiger partial charge in [-0.05, 0) is 18.4 Å². The van der Waals surface area contributed by atoms with Gasteiger partial charge in [-0.25, -0.2) is 0 Å². The fraction of sp³-hybridized carbons (Fsp3) is 0.500. The van der Waals surface area contributed by atoms with Crippen LogP contribution in [-0.4, -0.2) is 24.0 Å². The quantitative estimate of drug-likeness (QED) is 0.722. The summed E-state index contributed by atoms with van der Waals surface area (Å²) < 4.78 is 0. The second-order valence-electron chi connectivity index (χ2n) is 4.26. The average Bonchev–Trinajstić information content (AvgIpc) is 2.79. The van der Waals surface area contributed by atoms with Crippen molar-refractivity contribution in [3.63, 3.8) is 0 Å². The Morgan fingerprint density at radius 2 is 2.07 bits per heavy atom. The minimum atomic E-state index is 0.476. The van der Waals surface area contributed by atoms with Crippen molar-refractivity contribution in [1.82, 2.24) is 10.2 Å². The van der Waals surface area contributed by atoms with Crippen molar-refractivity contribution in [3.05, 3.63) is 35.9 Å². The minimum absolute atomic E-state index is 0.476. The van der Waals surface area contributed by atoms with E-state index in [1.54, 1.807) is 0 Å². The highest BCUT2D eigenvalue weighted by atomic mass is 15.4. The molecule has 2 atom stereocenters. The first-order chi connectivity index (χ1) is 6.95. The lowest BCUT2D eigenvalue weighted by Crippen LogP contribution is -2.28. The fourth-order valence-electron chi connectivity index (χ4n) is 2.73. The maximum absolute atomic E-state index is 3.60. The summed E-state index contributed by atoms with van der Waals surface area (Å²) in [7, 11) is 0. The number of rotatable bonds is 1. The molecule has 74 valence electrons. The molecule has 14 heavy (non-hydrogen) atoms. The predicted octanol–water partition coefficient (Wildman–Crippen LogP) is 1.75. The maximum Gasteiger partial charge on any atom is 0.0864 e. The van der Waals surface area contributed by atoms with Gasteiger partial charge in [0.2, 0.25) is 0 Å². The number of hydrogen-bond acceptors (Lipinski definition) is 2. The van der Waals surface area contributed by atoms with Gasteiger partial charge in [-0.3, -0.25) is 10.2 Å². The van der Waals surface area contributed by atoms with Crippen molar-refractivity contribution >= 4 is 0 Å². The third-order valence-corrected chi connectivity index (χ3v) is 3.42. The van der Waals surface area contributed by atoms with E-state index < -0.39 is 0 Å². The molecule has 0 spiro atoms. The van der Waals surface area contributed by atoms with Crippen LogP contribution in [0, 0.1) is 0 Å². The van der Waals surface area contributed by atoms with Crippen molar-refractivity contribution in [2.45, 2.75) is 25.0 Å². The number of nitrogens with one attached hydrogen (secondary N) is 1. The van der Waals surface area contributed by atoms with Crippen LogP contribution >= 0.6 is 0 Å². The van der Waals surface area contributed by atoms with Gasteiger partial charge in [0.05, 0.1) is 6.17 Å². The van der Waals surface area contributed by atoms with E-state index in [9.17, 15) is 0 Å². The summed E-state index contributed by atoms with van der Waals surface area (Å²) in [6.07, 6.45) is 3.22. The van der Waals surface area contributed by atoms with E-state index in [0.717, 1.165) is 6.04 Å². The maximum atomic E-state index is 3.60. The molecule has 3 rings (SSSR count). The Morgan fingerprint density at radius 1 is 1.21 bits per heavy atom. The molecule has 1 aromatic rings. The minimum Gasteiger partial charge on any atom is -0.296 e. The van der Waals surface area contributed by atoms with Gasteiger partial charge in [0.25, 0.3) is 0 Å². The zero-order valence-electron chi connectivity index (χ0n) is 8.32. The Morgan fingerprint density at radius 3 is 2.93 bits per heavy atom. The summed E-state index contributed by atoms with van der Waals surface area (Å²) in [6.45, 7) is 2.43. The second kappa shape index (κ2) is 3.37. The van der Waals surface area contributed by atoms with Crippen LogP contribution in [-0.2, 0) is 0 Å². The van der Waals surface area contributed by atoms with Crippen molar-refractivity contribution in [2.75, 3.05) is 13.1 Å². The topological polar surface area (TPSA) is 15.3 Å². The van der Waals surface area contributed by atoms with Crippen LogP contribution in [0.25, 0.3) is 0 Å². The molecule has 0 amide bonds. The van der Waals surface area contributed by atoms with Crippen LogP contribution in [0.5, 0.6) is 0 Å². The lowest BCUT2D eigenvalue weighted by Gasteiger charge is -2.23. The molecule has 2 aliphatic heterocycles. The Bertz CT molecular complexity index is 309. The van der Waals surface area contributed by atoms with Crippen LogP contribution in [0.1, 0.15) is 24.6 Å². The van der Waals surface area contributed by atoms with E-state index in [1.165, 1.54) is 31.5 Å². The van der Waals surface area contributed by atoms with Crippen LogP contribution < -0.4 is 5.32 Å². The summed E-state index contributed by atoms with van der Waals surface area (Å²) in [5.41, 5.74) is 1.41. The van der Waals surface area contributed by atoms with Gasteiger partial charge in [0.15, 0.2) is 0 Å². The van der Waals surface area contributed by atoms with E-state index in [4.69, 9.17) is 0 Å². The van der Waals surface area contributed by atoms with Crippen molar-refractivity contribution in [2.24, 2.45) is 0 Å². The smallest absolute Gasteiger partial charge is 0.0864 e. The number of hydrogen-bond donors (Lipinski definition) is 1.